The zero-order valence-electron chi connectivity index (χ0n) is 9.60. The highest BCUT2D eigenvalue weighted by atomic mass is 127. The van der Waals surface area contributed by atoms with Crippen molar-refractivity contribution < 1.29 is 5.11 Å². The smallest absolute Gasteiger partial charge is 0.221 e. The summed E-state index contributed by atoms with van der Waals surface area (Å²) in [6.07, 6.45) is 0. The van der Waals surface area contributed by atoms with Gasteiger partial charge in [0.2, 0.25) is 5.95 Å². The van der Waals surface area contributed by atoms with Crippen LogP contribution in [0.2, 0.25) is 0 Å². The number of para-hydroxylation sites is 1. The van der Waals surface area contributed by atoms with E-state index >= 15 is 0 Å². The molecule has 0 saturated heterocycles. The summed E-state index contributed by atoms with van der Waals surface area (Å²) in [4.78, 5) is 8.28. The molecule has 2 aromatic rings. The molecule has 0 amide bonds. The fourth-order valence-corrected chi connectivity index (χ4v) is 2.17. The van der Waals surface area contributed by atoms with Crippen LogP contribution in [0, 0.1) is 3.70 Å². The van der Waals surface area contributed by atoms with Crippen molar-refractivity contribution in [2.24, 2.45) is 0 Å². The predicted octanol–water partition coefficient (Wildman–Crippen LogP) is 1.73. The van der Waals surface area contributed by atoms with Crippen molar-refractivity contribution in [3.63, 3.8) is 0 Å². The van der Waals surface area contributed by atoms with E-state index < -0.39 is 0 Å². The van der Waals surface area contributed by atoms with Gasteiger partial charge in [0.15, 0.2) is 0 Å². The first-order valence-corrected chi connectivity index (χ1v) is 6.53. The summed E-state index contributed by atoms with van der Waals surface area (Å²) in [5, 5.41) is 12.0. The number of nitrogens with two attached hydrogens (primary N) is 1. The number of rotatable bonds is 4. The lowest BCUT2D eigenvalue weighted by Gasteiger charge is -2.11. The Morgan fingerprint density at radius 1 is 1.28 bits per heavy atom. The van der Waals surface area contributed by atoms with E-state index in [1.165, 1.54) is 0 Å². The average molecular weight is 356 g/mol. The maximum absolute atomic E-state index is 8.87. The van der Waals surface area contributed by atoms with Crippen molar-refractivity contribution >= 4 is 34.2 Å². The van der Waals surface area contributed by atoms with Gasteiger partial charge in [-0.05, 0) is 34.7 Å². The SMILES string of the molecule is Nc1nc(I)cc(-c2ccccc2NCCO)n1. The Morgan fingerprint density at radius 3 is 2.78 bits per heavy atom. The van der Waals surface area contributed by atoms with Crippen LogP contribution < -0.4 is 11.1 Å². The molecular formula is C12H13IN4O. The molecule has 0 atom stereocenters. The maximum Gasteiger partial charge on any atom is 0.221 e. The van der Waals surface area contributed by atoms with E-state index in [0.717, 1.165) is 20.6 Å². The molecule has 2 rings (SSSR count). The van der Waals surface area contributed by atoms with Crippen LogP contribution >= 0.6 is 22.6 Å². The molecule has 0 aliphatic heterocycles. The third kappa shape index (κ3) is 3.08. The molecule has 0 bridgehead atoms. The number of aromatic nitrogens is 2. The van der Waals surface area contributed by atoms with E-state index in [4.69, 9.17) is 10.8 Å². The molecule has 5 nitrogen and oxygen atoms in total. The minimum Gasteiger partial charge on any atom is -0.395 e. The Kier molecular flexibility index (Phi) is 4.32. The molecule has 1 aromatic carbocycles. The van der Waals surface area contributed by atoms with Crippen molar-refractivity contribution in [3.05, 3.63) is 34.0 Å². The van der Waals surface area contributed by atoms with E-state index in [9.17, 15) is 0 Å². The molecule has 94 valence electrons. The van der Waals surface area contributed by atoms with Crippen molar-refractivity contribution in [2.45, 2.75) is 0 Å². The number of nitrogens with one attached hydrogen (secondary N) is 1. The zero-order chi connectivity index (χ0) is 13.0. The highest BCUT2D eigenvalue weighted by Gasteiger charge is 2.07. The highest BCUT2D eigenvalue weighted by molar-refractivity contribution is 14.1. The molecule has 0 spiro atoms. The number of nitrogen functional groups attached to an aromatic ring is 1. The van der Waals surface area contributed by atoms with Gasteiger partial charge >= 0.3 is 0 Å². The summed E-state index contributed by atoms with van der Waals surface area (Å²) in [7, 11) is 0. The van der Waals surface area contributed by atoms with Crippen LogP contribution in [0.15, 0.2) is 30.3 Å². The molecule has 0 aliphatic rings. The van der Waals surface area contributed by atoms with E-state index in [0.29, 0.717) is 6.54 Å². The quantitative estimate of drug-likeness (QED) is 0.574. The molecule has 1 heterocycles. The predicted molar refractivity (Wildman–Crippen MR) is 80.2 cm³/mol. The van der Waals surface area contributed by atoms with E-state index in [1.807, 2.05) is 30.3 Å². The number of aliphatic hydroxyl groups is 1. The highest BCUT2D eigenvalue weighted by Crippen LogP contribution is 2.27. The van der Waals surface area contributed by atoms with Crippen LogP contribution in [0.25, 0.3) is 11.3 Å². The second-order valence-electron chi connectivity index (χ2n) is 3.63. The number of anilines is 2. The van der Waals surface area contributed by atoms with Gasteiger partial charge < -0.3 is 16.2 Å². The largest absolute Gasteiger partial charge is 0.395 e. The van der Waals surface area contributed by atoms with Gasteiger partial charge in [0.05, 0.1) is 12.3 Å². The second kappa shape index (κ2) is 5.96. The molecule has 0 unspecified atom stereocenters. The fraction of sp³-hybridized carbons (Fsp3) is 0.167. The maximum atomic E-state index is 8.87. The molecule has 6 heteroatoms. The summed E-state index contributed by atoms with van der Waals surface area (Å²) in [5.74, 6) is 0.258. The molecule has 18 heavy (non-hydrogen) atoms. The molecule has 0 aliphatic carbocycles. The van der Waals surface area contributed by atoms with Crippen LogP contribution in [-0.4, -0.2) is 28.2 Å². The molecule has 1 aromatic heterocycles. The summed E-state index contributed by atoms with van der Waals surface area (Å²) in [5.41, 5.74) is 8.29. The van der Waals surface area contributed by atoms with Crippen molar-refractivity contribution in [3.8, 4) is 11.3 Å². The van der Waals surface area contributed by atoms with Crippen LogP contribution in [-0.2, 0) is 0 Å². The van der Waals surface area contributed by atoms with Gasteiger partial charge in [-0.2, -0.15) is 0 Å². The normalized spacial score (nSPS) is 10.3. The Hall–Kier alpha value is -1.41. The minimum absolute atomic E-state index is 0.0811. The first kappa shape index (κ1) is 13.0. The number of hydrogen-bond acceptors (Lipinski definition) is 5. The number of halogens is 1. The Bertz CT molecular complexity index is 527. The van der Waals surface area contributed by atoms with Gasteiger partial charge in [-0.25, -0.2) is 9.97 Å². The molecule has 0 saturated carbocycles. The zero-order valence-corrected chi connectivity index (χ0v) is 11.8. The van der Waals surface area contributed by atoms with Crippen LogP contribution in [0.1, 0.15) is 0 Å². The number of aliphatic hydroxyl groups excluding tert-OH is 1. The monoisotopic (exact) mass is 356 g/mol. The summed E-state index contributed by atoms with van der Waals surface area (Å²) < 4.78 is 0.798. The average Bonchev–Trinajstić information content (AvgIpc) is 2.35. The lowest BCUT2D eigenvalue weighted by Crippen LogP contribution is -2.07. The molecular weight excluding hydrogens is 343 g/mol. The Morgan fingerprint density at radius 2 is 2.06 bits per heavy atom. The minimum atomic E-state index is 0.0811. The van der Waals surface area contributed by atoms with Crippen molar-refractivity contribution in [1.82, 2.24) is 9.97 Å². The summed E-state index contributed by atoms with van der Waals surface area (Å²) in [6.45, 7) is 0.576. The van der Waals surface area contributed by atoms with Crippen molar-refractivity contribution in [2.75, 3.05) is 24.2 Å². The van der Waals surface area contributed by atoms with Gasteiger partial charge in [0.1, 0.15) is 3.70 Å². The number of hydrogen-bond donors (Lipinski definition) is 3. The molecule has 0 radical (unpaired) electrons. The van der Waals surface area contributed by atoms with E-state index in [1.54, 1.807) is 0 Å². The first-order valence-electron chi connectivity index (χ1n) is 5.45. The third-order valence-electron chi connectivity index (χ3n) is 2.34. The van der Waals surface area contributed by atoms with Gasteiger partial charge in [-0.15, -0.1) is 0 Å². The fourth-order valence-electron chi connectivity index (χ4n) is 1.62. The standard InChI is InChI=1S/C12H13IN4O/c13-11-7-10(16-12(14)17-11)8-3-1-2-4-9(8)15-5-6-18/h1-4,7,15,18H,5-6H2,(H2,14,16,17). The Labute approximate surface area is 119 Å². The molecule has 0 fully saturated rings. The summed E-state index contributed by atoms with van der Waals surface area (Å²) in [6, 6.07) is 9.63. The lowest BCUT2D eigenvalue weighted by atomic mass is 10.1. The van der Waals surface area contributed by atoms with Gasteiger partial charge in [0, 0.05) is 17.8 Å². The van der Waals surface area contributed by atoms with Crippen molar-refractivity contribution in [1.29, 1.82) is 0 Å². The van der Waals surface area contributed by atoms with Crippen LogP contribution in [0.4, 0.5) is 11.6 Å². The van der Waals surface area contributed by atoms with Crippen LogP contribution in [0.3, 0.4) is 0 Å². The number of nitrogens with zero attached hydrogens (tertiary/aromatic N) is 2. The summed E-state index contributed by atoms with van der Waals surface area (Å²) >= 11 is 2.11. The topological polar surface area (TPSA) is 84.1 Å². The number of benzene rings is 1. The lowest BCUT2D eigenvalue weighted by molar-refractivity contribution is 0.311. The second-order valence-corrected chi connectivity index (χ2v) is 4.74. The third-order valence-corrected chi connectivity index (χ3v) is 2.90. The van der Waals surface area contributed by atoms with E-state index in [2.05, 4.69) is 37.9 Å². The van der Waals surface area contributed by atoms with Gasteiger partial charge in [0.25, 0.3) is 0 Å². The molecule has 4 N–H and O–H groups in total. The first-order chi connectivity index (χ1) is 8.70. The Balaban J connectivity index is 2.42. The van der Waals surface area contributed by atoms with Gasteiger partial charge in [-0.3, -0.25) is 0 Å². The van der Waals surface area contributed by atoms with E-state index in [-0.39, 0.29) is 12.6 Å². The van der Waals surface area contributed by atoms with Crippen LogP contribution in [0.5, 0.6) is 0 Å². The van der Waals surface area contributed by atoms with Gasteiger partial charge in [-0.1, -0.05) is 18.2 Å².